The zero-order valence-corrected chi connectivity index (χ0v) is 34.5. The average Bonchev–Trinajstić information content (AvgIpc) is 3.34. The van der Waals surface area contributed by atoms with Crippen LogP contribution in [0.4, 0.5) is 17.1 Å². The highest BCUT2D eigenvalue weighted by atomic mass is 16.5. The first-order valence-corrected chi connectivity index (χ1v) is 20.8. The third kappa shape index (κ3) is 9.30. The van der Waals surface area contributed by atoms with Crippen LogP contribution in [0.5, 0.6) is 0 Å². The molecule has 0 N–H and O–H groups in total. The van der Waals surface area contributed by atoms with Crippen molar-refractivity contribution < 1.29 is 14.2 Å². The lowest BCUT2D eigenvalue weighted by Crippen LogP contribution is -2.37. The van der Waals surface area contributed by atoms with Crippen molar-refractivity contribution in [3.8, 4) is 0 Å². The largest absolute Gasteiger partial charge is 0.476 e. The molecule has 9 rings (SSSR count). The molecule has 302 valence electrons. The summed E-state index contributed by atoms with van der Waals surface area (Å²) >= 11 is 0. The summed E-state index contributed by atoms with van der Waals surface area (Å²) in [6.45, 7) is 2.68. The van der Waals surface area contributed by atoms with Crippen LogP contribution in [0.1, 0.15) is 23.6 Å². The van der Waals surface area contributed by atoms with E-state index in [-0.39, 0.29) is 19.8 Å². The van der Waals surface area contributed by atoms with Gasteiger partial charge in [-0.15, -0.1) is 0 Å². The van der Waals surface area contributed by atoms with Gasteiger partial charge in [0.15, 0.2) is 0 Å². The third-order valence-electron chi connectivity index (χ3n) is 10.7. The Balaban J connectivity index is 1.10. The molecule has 0 atom stereocenters. The Labute approximate surface area is 362 Å². The van der Waals surface area contributed by atoms with Crippen LogP contribution in [-0.2, 0) is 14.2 Å². The van der Waals surface area contributed by atoms with E-state index in [9.17, 15) is 0 Å². The number of benzene rings is 9. The second kappa shape index (κ2) is 18.6. The van der Waals surface area contributed by atoms with Crippen molar-refractivity contribution >= 4 is 67.1 Å². The highest BCUT2D eigenvalue weighted by Gasteiger charge is 2.31. The first-order valence-electron chi connectivity index (χ1n) is 20.8. The van der Waals surface area contributed by atoms with Crippen LogP contribution in [0.25, 0.3) is 32.3 Å². The Morgan fingerprint density at radius 1 is 0.323 bits per heavy atom. The van der Waals surface area contributed by atoms with Crippen LogP contribution >= 0.6 is 0 Å². The van der Waals surface area contributed by atoms with E-state index < -0.39 is 5.41 Å². The standard InChI is InChI=1S/C56H45N3O3/c1-56(38-60-53(44-23-5-2-6-24-44)57-50-35-17-29-41-20-11-14-32-47(41)50,39-61-54(45-25-7-3-8-26-45)58-51-36-18-30-42-21-12-15-33-48(42)51)40-62-55(46-27-9-4-10-28-46)59-52-37-19-31-43-22-13-16-34-49(43)52/h2-37H,38-40H2,1H3/b57-53+,58-54+,59-55+. The molecule has 0 radical (unpaired) electrons. The van der Waals surface area contributed by atoms with Crippen LogP contribution in [0.15, 0.2) is 233 Å². The van der Waals surface area contributed by atoms with Gasteiger partial charge < -0.3 is 14.2 Å². The van der Waals surface area contributed by atoms with E-state index in [1.165, 1.54) is 0 Å². The molecule has 0 aliphatic heterocycles. The maximum absolute atomic E-state index is 6.88. The number of hydrogen-bond donors (Lipinski definition) is 0. The molecule has 62 heavy (non-hydrogen) atoms. The maximum Gasteiger partial charge on any atom is 0.221 e. The summed E-state index contributed by atoms with van der Waals surface area (Å²) < 4.78 is 20.7. The number of rotatable bonds is 12. The SMILES string of the molecule is CC(CO/C(=N/c1cccc2ccccc12)c1ccccc1)(CO/C(=N/c1cccc2ccccc12)c1ccccc1)CO/C(=N/c1cccc2ccccc12)c1ccccc1. The molecule has 0 spiro atoms. The minimum Gasteiger partial charge on any atom is -0.476 e. The Morgan fingerprint density at radius 3 is 0.887 bits per heavy atom. The van der Waals surface area contributed by atoms with Crippen LogP contribution in [-0.4, -0.2) is 37.5 Å². The van der Waals surface area contributed by atoms with Crippen LogP contribution in [0.3, 0.4) is 0 Å². The van der Waals surface area contributed by atoms with Gasteiger partial charge in [0, 0.05) is 32.8 Å². The summed E-state index contributed by atoms with van der Waals surface area (Å²) in [5, 5.41) is 6.42. The molecule has 0 unspecified atom stereocenters. The van der Waals surface area contributed by atoms with Gasteiger partial charge in [0.25, 0.3) is 0 Å². The van der Waals surface area contributed by atoms with Gasteiger partial charge >= 0.3 is 0 Å². The highest BCUT2D eigenvalue weighted by molar-refractivity contribution is 6.02. The number of nitrogens with zero attached hydrogens (tertiary/aromatic N) is 3. The smallest absolute Gasteiger partial charge is 0.221 e. The van der Waals surface area contributed by atoms with Gasteiger partial charge in [0.2, 0.25) is 17.7 Å². The minimum absolute atomic E-state index is 0.193. The predicted octanol–water partition coefficient (Wildman–Crippen LogP) is 13.8. The summed E-state index contributed by atoms with van der Waals surface area (Å²) in [6.07, 6.45) is 0. The Morgan fingerprint density at radius 2 is 0.581 bits per heavy atom. The molecule has 0 aliphatic carbocycles. The second-order valence-electron chi connectivity index (χ2n) is 15.5. The fourth-order valence-corrected chi connectivity index (χ4v) is 7.38. The van der Waals surface area contributed by atoms with E-state index in [1.54, 1.807) is 0 Å². The van der Waals surface area contributed by atoms with Crippen molar-refractivity contribution in [3.05, 3.63) is 235 Å². The summed E-state index contributed by atoms with van der Waals surface area (Å²) in [5.41, 5.74) is 4.26. The molecule has 9 aromatic rings. The summed E-state index contributed by atoms with van der Waals surface area (Å²) in [5.74, 6) is 1.48. The first kappa shape index (κ1) is 39.6. The van der Waals surface area contributed by atoms with Crippen molar-refractivity contribution in [3.63, 3.8) is 0 Å². The topological polar surface area (TPSA) is 64.8 Å². The quantitative estimate of drug-likeness (QED) is 0.0912. The van der Waals surface area contributed by atoms with E-state index in [2.05, 4.69) is 61.5 Å². The normalized spacial score (nSPS) is 12.4. The monoisotopic (exact) mass is 807 g/mol. The lowest BCUT2D eigenvalue weighted by atomic mass is 9.94. The molecule has 0 bridgehead atoms. The predicted molar refractivity (Wildman–Crippen MR) is 256 cm³/mol. The van der Waals surface area contributed by atoms with Gasteiger partial charge in [-0.05, 0) is 77.7 Å². The Kier molecular flexibility index (Phi) is 11.9. The van der Waals surface area contributed by atoms with E-state index in [0.717, 1.165) is 66.1 Å². The Hall–Kier alpha value is -7.83. The van der Waals surface area contributed by atoms with Crippen LogP contribution in [0.2, 0.25) is 0 Å². The lowest BCUT2D eigenvalue weighted by molar-refractivity contribution is 0.0354. The van der Waals surface area contributed by atoms with Gasteiger partial charge in [-0.3, -0.25) is 0 Å². The molecule has 6 nitrogen and oxygen atoms in total. The summed E-state index contributed by atoms with van der Waals surface area (Å²) in [7, 11) is 0. The van der Waals surface area contributed by atoms with Crippen molar-refractivity contribution in [2.24, 2.45) is 20.4 Å². The van der Waals surface area contributed by atoms with Crippen molar-refractivity contribution in [2.75, 3.05) is 19.8 Å². The van der Waals surface area contributed by atoms with Crippen molar-refractivity contribution in [2.45, 2.75) is 6.92 Å². The molecule has 0 saturated carbocycles. The molecule has 0 aliphatic rings. The van der Waals surface area contributed by atoms with E-state index in [0.29, 0.717) is 17.7 Å². The van der Waals surface area contributed by atoms with Crippen molar-refractivity contribution in [1.82, 2.24) is 0 Å². The van der Waals surface area contributed by atoms with Gasteiger partial charge in [0.1, 0.15) is 19.8 Å². The molecule has 9 aromatic carbocycles. The fraction of sp³-hybridized carbons (Fsp3) is 0.0893. The molecule has 0 saturated heterocycles. The first-order chi connectivity index (χ1) is 30.6. The molecule has 0 fully saturated rings. The summed E-state index contributed by atoms with van der Waals surface area (Å²) in [6, 6.07) is 73.2. The molecular weight excluding hydrogens is 763 g/mol. The number of hydrogen-bond acceptors (Lipinski definition) is 6. The molecule has 0 heterocycles. The number of ether oxygens (including phenoxy) is 3. The maximum atomic E-state index is 6.88. The van der Waals surface area contributed by atoms with E-state index >= 15 is 0 Å². The fourth-order valence-electron chi connectivity index (χ4n) is 7.38. The Bertz CT molecular complexity index is 2690. The van der Waals surface area contributed by atoms with Crippen LogP contribution in [0, 0.1) is 5.41 Å². The summed E-state index contributed by atoms with van der Waals surface area (Å²) in [4.78, 5) is 15.5. The van der Waals surface area contributed by atoms with Crippen molar-refractivity contribution in [1.29, 1.82) is 0 Å². The van der Waals surface area contributed by atoms with Crippen LogP contribution < -0.4 is 0 Å². The third-order valence-corrected chi connectivity index (χ3v) is 10.7. The molecule has 6 heteroatoms. The lowest BCUT2D eigenvalue weighted by Gasteiger charge is -2.30. The van der Waals surface area contributed by atoms with E-state index in [4.69, 9.17) is 29.2 Å². The average molecular weight is 808 g/mol. The number of aliphatic imine (C=N–C) groups is 3. The van der Waals surface area contributed by atoms with Gasteiger partial charge in [-0.25, -0.2) is 15.0 Å². The van der Waals surface area contributed by atoms with Gasteiger partial charge in [-0.2, -0.15) is 0 Å². The zero-order valence-electron chi connectivity index (χ0n) is 34.5. The zero-order chi connectivity index (χ0) is 42.0. The van der Waals surface area contributed by atoms with E-state index in [1.807, 2.05) is 164 Å². The molecule has 0 aromatic heterocycles. The molecular formula is C56H45N3O3. The number of fused-ring (bicyclic) bond motifs is 3. The minimum atomic E-state index is -0.767. The molecule has 0 amide bonds. The van der Waals surface area contributed by atoms with Gasteiger partial charge in [-0.1, -0.05) is 164 Å². The van der Waals surface area contributed by atoms with Gasteiger partial charge in [0.05, 0.1) is 22.5 Å². The second-order valence-corrected chi connectivity index (χ2v) is 15.5. The highest BCUT2D eigenvalue weighted by Crippen LogP contribution is 2.31.